The number of hydrogen-bond donors (Lipinski definition) is 1. The Hall–Kier alpha value is -1.80. The van der Waals surface area contributed by atoms with E-state index in [4.69, 9.17) is 4.74 Å². The number of aliphatic hydroxyl groups excluding tert-OH is 1. The van der Waals surface area contributed by atoms with Gasteiger partial charge in [0, 0.05) is 0 Å². The third-order valence-corrected chi connectivity index (χ3v) is 3.16. The largest absolute Gasteiger partial charge is 0.494 e. The quantitative estimate of drug-likeness (QED) is 0.883. The van der Waals surface area contributed by atoms with Gasteiger partial charge in [-0.15, -0.1) is 0 Å². The molecule has 0 aromatic heterocycles. The van der Waals surface area contributed by atoms with Crippen molar-refractivity contribution in [2.75, 3.05) is 6.61 Å². The molecular weight excluding hydrogens is 236 g/mol. The highest BCUT2D eigenvalue weighted by Crippen LogP contribution is 2.25. The van der Waals surface area contributed by atoms with E-state index in [1.54, 1.807) is 0 Å². The van der Waals surface area contributed by atoms with Gasteiger partial charge < -0.3 is 9.84 Å². The Morgan fingerprint density at radius 2 is 1.68 bits per heavy atom. The second kappa shape index (κ2) is 6.39. The third kappa shape index (κ3) is 3.36. The lowest BCUT2D eigenvalue weighted by Crippen LogP contribution is -2.01. The van der Waals surface area contributed by atoms with Crippen molar-refractivity contribution in [3.8, 4) is 5.75 Å². The van der Waals surface area contributed by atoms with Gasteiger partial charge in [-0.05, 0) is 42.2 Å². The first-order valence-corrected chi connectivity index (χ1v) is 6.74. The predicted octanol–water partition coefficient (Wildman–Crippen LogP) is 3.73. The van der Waals surface area contributed by atoms with Crippen LogP contribution in [-0.4, -0.2) is 11.7 Å². The summed E-state index contributed by atoms with van der Waals surface area (Å²) in [5.41, 5.74) is 3.02. The van der Waals surface area contributed by atoms with Gasteiger partial charge in [-0.25, -0.2) is 0 Å². The molecule has 0 fully saturated rings. The molecule has 2 nitrogen and oxygen atoms in total. The van der Waals surface area contributed by atoms with Gasteiger partial charge in [0.1, 0.15) is 11.9 Å². The zero-order valence-electron chi connectivity index (χ0n) is 11.5. The summed E-state index contributed by atoms with van der Waals surface area (Å²) in [6.45, 7) is 4.69. The summed E-state index contributed by atoms with van der Waals surface area (Å²) in [5, 5.41) is 10.4. The molecule has 1 unspecified atom stereocenters. The average molecular weight is 256 g/mol. The number of benzene rings is 2. The molecule has 0 saturated carbocycles. The molecule has 2 heteroatoms. The molecule has 0 amide bonds. The van der Waals surface area contributed by atoms with Crippen LogP contribution in [0.3, 0.4) is 0 Å². The fourth-order valence-electron chi connectivity index (χ4n) is 2.12. The molecule has 1 atom stereocenters. The Labute approximate surface area is 114 Å². The van der Waals surface area contributed by atoms with Gasteiger partial charge in [0.2, 0.25) is 0 Å². The minimum Gasteiger partial charge on any atom is -0.494 e. The Morgan fingerprint density at radius 3 is 2.37 bits per heavy atom. The lowest BCUT2D eigenvalue weighted by atomic mass is 9.99. The van der Waals surface area contributed by atoms with E-state index in [1.165, 1.54) is 5.56 Å². The van der Waals surface area contributed by atoms with Crippen molar-refractivity contribution < 1.29 is 9.84 Å². The van der Waals surface area contributed by atoms with Crippen molar-refractivity contribution >= 4 is 0 Å². The molecule has 2 aromatic carbocycles. The molecule has 0 saturated heterocycles. The summed E-state index contributed by atoms with van der Waals surface area (Å²) < 4.78 is 5.47. The number of aryl methyl sites for hydroxylation is 1. The normalized spacial score (nSPS) is 12.2. The molecule has 2 aromatic rings. The first-order chi connectivity index (χ1) is 9.24. The van der Waals surface area contributed by atoms with Crippen molar-refractivity contribution in [3.63, 3.8) is 0 Å². The second-order valence-electron chi connectivity index (χ2n) is 4.51. The lowest BCUT2D eigenvalue weighted by Gasteiger charge is -2.14. The van der Waals surface area contributed by atoms with E-state index in [9.17, 15) is 5.11 Å². The van der Waals surface area contributed by atoms with Gasteiger partial charge in [0.25, 0.3) is 0 Å². The van der Waals surface area contributed by atoms with Crippen LogP contribution < -0.4 is 4.74 Å². The number of ether oxygens (including phenoxy) is 1. The molecule has 0 aliphatic rings. The zero-order chi connectivity index (χ0) is 13.7. The highest BCUT2D eigenvalue weighted by Gasteiger charge is 2.11. The number of hydrogen-bond acceptors (Lipinski definition) is 2. The number of aliphatic hydroxyl groups is 1. The minimum absolute atomic E-state index is 0.605. The van der Waals surface area contributed by atoms with Crippen LogP contribution in [0.15, 0.2) is 48.5 Å². The summed E-state index contributed by atoms with van der Waals surface area (Å²) >= 11 is 0. The van der Waals surface area contributed by atoms with E-state index in [0.717, 1.165) is 23.3 Å². The summed E-state index contributed by atoms with van der Waals surface area (Å²) in [5.74, 6) is 0.797. The van der Waals surface area contributed by atoms with Crippen molar-refractivity contribution in [1.82, 2.24) is 0 Å². The average Bonchev–Trinajstić information content (AvgIpc) is 2.47. The van der Waals surface area contributed by atoms with E-state index in [1.807, 2.05) is 43.3 Å². The van der Waals surface area contributed by atoms with Crippen molar-refractivity contribution in [1.29, 1.82) is 0 Å². The first-order valence-electron chi connectivity index (χ1n) is 6.74. The molecule has 0 radical (unpaired) electrons. The molecule has 0 spiro atoms. The Kier molecular flexibility index (Phi) is 4.58. The first kappa shape index (κ1) is 13.6. The van der Waals surface area contributed by atoms with Gasteiger partial charge >= 0.3 is 0 Å². The van der Waals surface area contributed by atoms with E-state index >= 15 is 0 Å². The van der Waals surface area contributed by atoms with Gasteiger partial charge in [0.15, 0.2) is 0 Å². The van der Waals surface area contributed by atoms with Crippen molar-refractivity contribution in [2.24, 2.45) is 0 Å². The predicted molar refractivity (Wildman–Crippen MR) is 77.5 cm³/mol. The summed E-state index contributed by atoms with van der Waals surface area (Å²) in [6, 6.07) is 15.7. The van der Waals surface area contributed by atoms with E-state index in [2.05, 4.69) is 19.1 Å². The highest BCUT2D eigenvalue weighted by molar-refractivity contribution is 5.36. The molecule has 0 aliphatic heterocycles. The van der Waals surface area contributed by atoms with Crippen molar-refractivity contribution in [2.45, 2.75) is 26.4 Å². The molecule has 19 heavy (non-hydrogen) atoms. The highest BCUT2D eigenvalue weighted by atomic mass is 16.5. The third-order valence-electron chi connectivity index (χ3n) is 3.16. The molecule has 0 heterocycles. The topological polar surface area (TPSA) is 29.5 Å². The number of rotatable bonds is 5. The standard InChI is InChI=1S/C17H20O2/c1-3-13-7-5-8-14(11-13)17(18)15-9-6-10-16(12-15)19-4-2/h5-12,17-18H,3-4H2,1-2H3. The van der Waals surface area contributed by atoms with Crippen molar-refractivity contribution in [3.05, 3.63) is 65.2 Å². The Balaban J connectivity index is 2.27. The fourth-order valence-corrected chi connectivity index (χ4v) is 2.12. The van der Waals surface area contributed by atoms with Crippen LogP contribution in [0.5, 0.6) is 5.75 Å². The molecular formula is C17H20O2. The SMILES string of the molecule is CCOc1cccc(C(O)c2cccc(CC)c2)c1. The van der Waals surface area contributed by atoms with Crippen LogP contribution in [0, 0.1) is 0 Å². The van der Waals surface area contributed by atoms with Crippen LogP contribution in [0.4, 0.5) is 0 Å². The Bertz CT molecular complexity index is 534. The summed E-state index contributed by atoms with van der Waals surface area (Å²) in [6.07, 6.45) is 0.367. The monoisotopic (exact) mass is 256 g/mol. The molecule has 1 N–H and O–H groups in total. The van der Waals surface area contributed by atoms with E-state index in [-0.39, 0.29) is 0 Å². The van der Waals surface area contributed by atoms with Crippen LogP contribution >= 0.6 is 0 Å². The van der Waals surface area contributed by atoms with E-state index < -0.39 is 6.10 Å². The fraction of sp³-hybridized carbons (Fsp3) is 0.294. The lowest BCUT2D eigenvalue weighted by molar-refractivity contribution is 0.219. The van der Waals surface area contributed by atoms with Gasteiger partial charge in [0.05, 0.1) is 6.61 Å². The second-order valence-corrected chi connectivity index (χ2v) is 4.51. The smallest absolute Gasteiger partial charge is 0.119 e. The van der Waals surface area contributed by atoms with Crippen LogP contribution in [0.1, 0.15) is 36.6 Å². The molecule has 0 bridgehead atoms. The van der Waals surface area contributed by atoms with Gasteiger partial charge in [-0.1, -0.05) is 43.3 Å². The van der Waals surface area contributed by atoms with Crippen LogP contribution in [0.2, 0.25) is 0 Å². The summed E-state index contributed by atoms with van der Waals surface area (Å²) in [7, 11) is 0. The minimum atomic E-state index is -0.605. The molecule has 0 aliphatic carbocycles. The summed E-state index contributed by atoms with van der Waals surface area (Å²) in [4.78, 5) is 0. The van der Waals surface area contributed by atoms with Crippen LogP contribution in [-0.2, 0) is 6.42 Å². The van der Waals surface area contributed by atoms with Gasteiger partial charge in [-0.3, -0.25) is 0 Å². The van der Waals surface area contributed by atoms with Crippen LogP contribution in [0.25, 0.3) is 0 Å². The zero-order valence-corrected chi connectivity index (χ0v) is 11.5. The maximum absolute atomic E-state index is 10.4. The van der Waals surface area contributed by atoms with Gasteiger partial charge in [-0.2, -0.15) is 0 Å². The maximum atomic E-state index is 10.4. The molecule has 100 valence electrons. The molecule has 2 rings (SSSR count). The van der Waals surface area contributed by atoms with E-state index in [0.29, 0.717) is 6.61 Å². The maximum Gasteiger partial charge on any atom is 0.119 e. The Morgan fingerprint density at radius 1 is 1.00 bits per heavy atom.